The molecule has 0 saturated carbocycles. The first-order chi connectivity index (χ1) is 13.2. The van der Waals surface area contributed by atoms with Crippen molar-refractivity contribution in [2.45, 2.75) is 31.8 Å². The van der Waals surface area contributed by atoms with Gasteiger partial charge in [-0.05, 0) is 52.6 Å². The number of methoxy groups -OCH3 is 2. The minimum Gasteiger partial charge on any atom is -0.497 e. The van der Waals surface area contributed by atoms with Crippen molar-refractivity contribution < 1.29 is 9.47 Å². The molecular weight excluding hydrogens is 342 g/mol. The van der Waals surface area contributed by atoms with E-state index in [1.807, 2.05) is 22.9 Å². The highest BCUT2D eigenvalue weighted by atomic mass is 16.5. The van der Waals surface area contributed by atoms with Crippen LogP contribution in [0.3, 0.4) is 0 Å². The summed E-state index contributed by atoms with van der Waals surface area (Å²) in [5.41, 5.74) is 3.54. The Morgan fingerprint density at radius 1 is 1.11 bits per heavy atom. The van der Waals surface area contributed by atoms with Crippen LogP contribution in [0.1, 0.15) is 42.1 Å². The zero-order chi connectivity index (χ0) is 18.8. The van der Waals surface area contributed by atoms with Crippen LogP contribution in [0.25, 0.3) is 0 Å². The van der Waals surface area contributed by atoms with Gasteiger partial charge in [-0.3, -0.25) is 0 Å². The number of aryl methyl sites for hydroxylation is 1. The molecule has 4 rings (SSSR count). The molecule has 7 nitrogen and oxygen atoms in total. The number of ether oxygens (including phenoxy) is 2. The summed E-state index contributed by atoms with van der Waals surface area (Å²) in [6, 6.07) is 14.6. The number of benzene rings is 2. The number of anilines is 1. The first-order valence-electron chi connectivity index (χ1n) is 9.08. The third kappa shape index (κ3) is 3.20. The first-order valence-corrected chi connectivity index (χ1v) is 9.08. The van der Waals surface area contributed by atoms with Gasteiger partial charge in [-0.25, -0.2) is 4.68 Å². The Hall–Kier alpha value is -3.09. The Balaban J connectivity index is 1.74. The average Bonchev–Trinajstić information content (AvgIpc) is 3.21. The summed E-state index contributed by atoms with van der Waals surface area (Å²) in [6.07, 6.45) is 1.83. The molecule has 1 N–H and O–H groups in total. The lowest BCUT2D eigenvalue weighted by molar-refractivity contribution is 0.371. The van der Waals surface area contributed by atoms with Gasteiger partial charge >= 0.3 is 0 Å². The van der Waals surface area contributed by atoms with Crippen molar-refractivity contribution in [1.29, 1.82) is 0 Å². The average molecular weight is 365 g/mol. The number of rotatable bonds is 5. The molecule has 0 amide bonds. The highest BCUT2D eigenvalue weighted by Gasteiger charge is 2.32. The van der Waals surface area contributed by atoms with Gasteiger partial charge in [0.25, 0.3) is 0 Å². The van der Waals surface area contributed by atoms with E-state index in [4.69, 9.17) is 9.47 Å². The maximum absolute atomic E-state index is 5.60. The van der Waals surface area contributed by atoms with Gasteiger partial charge in [0, 0.05) is 5.56 Å². The van der Waals surface area contributed by atoms with Crippen LogP contribution < -0.4 is 14.8 Å². The summed E-state index contributed by atoms with van der Waals surface area (Å²) in [4.78, 5) is 0. The molecule has 0 bridgehead atoms. The molecule has 1 aromatic heterocycles. The predicted molar refractivity (Wildman–Crippen MR) is 102 cm³/mol. The maximum atomic E-state index is 5.60. The monoisotopic (exact) mass is 365 g/mol. The Bertz CT molecular complexity index is 922. The van der Waals surface area contributed by atoms with Crippen molar-refractivity contribution >= 4 is 5.95 Å². The summed E-state index contributed by atoms with van der Waals surface area (Å²) < 4.78 is 12.8. The van der Waals surface area contributed by atoms with Crippen molar-refractivity contribution in [3.63, 3.8) is 0 Å². The largest absolute Gasteiger partial charge is 0.497 e. The number of aromatic nitrogens is 4. The van der Waals surface area contributed by atoms with Gasteiger partial charge in [0.1, 0.15) is 11.5 Å². The number of hydrogen-bond acceptors (Lipinski definition) is 6. The Labute approximate surface area is 158 Å². The van der Waals surface area contributed by atoms with Gasteiger partial charge < -0.3 is 14.8 Å². The molecular formula is C20H23N5O2. The molecule has 27 heavy (non-hydrogen) atoms. The van der Waals surface area contributed by atoms with E-state index in [0.717, 1.165) is 29.9 Å². The van der Waals surface area contributed by atoms with Gasteiger partial charge in [0.15, 0.2) is 0 Å². The van der Waals surface area contributed by atoms with Crippen LogP contribution in [0.15, 0.2) is 42.5 Å². The number of hydrogen-bond donors (Lipinski definition) is 1. The Morgan fingerprint density at radius 3 is 2.63 bits per heavy atom. The van der Waals surface area contributed by atoms with E-state index in [1.165, 1.54) is 11.1 Å². The third-order valence-electron chi connectivity index (χ3n) is 5.14. The first kappa shape index (κ1) is 17.3. The summed E-state index contributed by atoms with van der Waals surface area (Å²) in [5, 5.41) is 15.7. The molecule has 7 heteroatoms. The fraction of sp³-hybridized carbons (Fsp3) is 0.350. The zero-order valence-electron chi connectivity index (χ0n) is 15.7. The third-order valence-corrected chi connectivity index (χ3v) is 5.14. The summed E-state index contributed by atoms with van der Waals surface area (Å²) >= 11 is 0. The molecule has 0 saturated heterocycles. The summed E-state index contributed by atoms with van der Waals surface area (Å²) in [6.45, 7) is 2.16. The van der Waals surface area contributed by atoms with Crippen molar-refractivity contribution in [3.05, 3.63) is 59.2 Å². The maximum Gasteiger partial charge on any atom is 0.243 e. The summed E-state index contributed by atoms with van der Waals surface area (Å²) in [5.74, 6) is 2.23. The minimum absolute atomic E-state index is 0.0582. The molecule has 2 atom stereocenters. The minimum atomic E-state index is -0.0582. The summed E-state index contributed by atoms with van der Waals surface area (Å²) in [7, 11) is 3.34. The van der Waals surface area contributed by atoms with E-state index in [-0.39, 0.29) is 12.1 Å². The van der Waals surface area contributed by atoms with Gasteiger partial charge in [-0.2, -0.15) is 0 Å². The van der Waals surface area contributed by atoms with Gasteiger partial charge in [0.2, 0.25) is 5.95 Å². The molecule has 0 spiro atoms. The fourth-order valence-corrected chi connectivity index (χ4v) is 3.60. The van der Waals surface area contributed by atoms with Gasteiger partial charge in [-0.15, -0.1) is 0 Å². The van der Waals surface area contributed by atoms with Crippen molar-refractivity contribution in [1.82, 2.24) is 20.2 Å². The van der Waals surface area contributed by atoms with E-state index in [9.17, 15) is 0 Å². The number of tetrazole rings is 1. The van der Waals surface area contributed by atoms with Crippen LogP contribution in [0.2, 0.25) is 0 Å². The lowest BCUT2D eigenvalue weighted by Crippen LogP contribution is -2.28. The lowest BCUT2D eigenvalue weighted by Gasteiger charge is -2.31. The van der Waals surface area contributed by atoms with Crippen LogP contribution >= 0.6 is 0 Å². The van der Waals surface area contributed by atoms with Crippen molar-refractivity contribution in [2.24, 2.45) is 0 Å². The molecule has 0 aliphatic carbocycles. The smallest absolute Gasteiger partial charge is 0.243 e. The van der Waals surface area contributed by atoms with Crippen LogP contribution in [-0.4, -0.2) is 34.4 Å². The lowest BCUT2D eigenvalue weighted by atomic mass is 9.92. The number of nitrogens with zero attached hydrogens (tertiary/aromatic N) is 4. The zero-order valence-corrected chi connectivity index (χ0v) is 15.7. The van der Waals surface area contributed by atoms with E-state index in [1.54, 1.807) is 14.2 Å². The van der Waals surface area contributed by atoms with Crippen LogP contribution in [0.5, 0.6) is 11.5 Å². The number of fused-ring (bicyclic) bond motifs is 1. The second-order valence-electron chi connectivity index (χ2n) is 6.60. The molecule has 1 aliphatic rings. The molecule has 1 aliphatic heterocycles. The van der Waals surface area contributed by atoms with E-state index < -0.39 is 0 Å². The second kappa shape index (κ2) is 7.26. The fourth-order valence-electron chi connectivity index (χ4n) is 3.60. The topological polar surface area (TPSA) is 74.1 Å². The molecule has 2 aromatic carbocycles. The van der Waals surface area contributed by atoms with E-state index in [2.05, 4.69) is 52.0 Å². The van der Waals surface area contributed by atoms with Gasteiger partial charge in [-0.1, -0.05) is 36.3 Å². The Kier molecular flexibility index (Phi) is 4.66. The van der Waals surface area contributed by atoms with Crippen LogP contribution in [-0.2, 0) is 6.42 Å². The quantitative estimate of drug-likeness (QED) is 0.747. The van der Waals surface area contributed by atoms with Crippen molar-refractivity contribution in [2.75, 3.05) is 19.5 Å². The second-order valence-corrected chi connectivity index (χ2v) is 6.60. The van der Waals surface area contributed by atoms with Crippen LogP contribution in [0.4, 0.5) is 5.95 Å². The molecule has 0 radical (unpaired) electrons. The molecule has 140 valence electrons. The van der Waals surface area contributed by atoms with Crippen LogP contribution in [0, 0.1) is 0 Å². The van der Waals surface area contributed by atoms with E-state index >= 15 is 0 Å². The van der Waals surface area contributed by atoms with Gasteiger partial charge in [0.05, 0.1) is 26.3 Å². The normalized spacial score (nSPS) is 18.5. The van der Waals surface area contributed by atoms with E-state index in [0.29, 0.717) is 5.95 Å². The molecule has 0 fully saturated rings. The highest BCUT2D eigenvalue weighted by Crippen LogP contribution is 2.41. The number of nitrogens with one attached hydrogen (secondary N) is 1. The molecule has 0 unspecified atom stereocenters. The highest BCUT2D eigenvalue weighted by molar-refractivity contribution is 5.46. The molecule has 2 heterocycles. The standard InChI is InChI=1S/C20H23N5O2/c1-4-13-5-7-14(8-6-13)17-12-18(25-20(21-17)22-23-24-25)16-11-15(26-2)9-10-19(16)27-3/h5-11,17-18H,4,12H2,1-3H3,(H,21,22,24)/t17-,18+/m0/s1. The Morgan fingerprint density at radius 2 is 1.93 bits per heavy atom. The molecule has 3 aromatic rings. The SMILES string of the molecule is CCc1ccc([C@@H]2C[C@H](c3cc(OC)ccc3OC)n3nnnc3N2)cc1. The predicted octanol–water partition coefficient (Wildman–Crippen LogP) is 3.40. The van der Waals surface area contributed by atoms with Crippen molar-refractivity contribution in [3.8, 4) is 11.5 Å².